The Kier molecular flexibility index (Phi) is 5.68. The van der Waals surface area contributed by atoms with Gasteiger partial charge < -0.3 is 10.3 Å². The first-order chi connectivity index (χ1) is 7.75. The fourth-order valence-electron chi connectivity index (χ4n) is 1.90. The van der Waals surface area contributed by atoms with Crippen molar-refractivity contribution in [2.45, 2.75) is 52.0 Å². The molecule has 90 valence electrons. The standard InChI is InChI=1S/C13H22N2O/c1-2-3-4-5-6-7-10-15-11-8-9-12(15)13(14)16/h8-9,11H,2-7,10H2,1H3,(H2,14,16). The molecule has 0 fully saturated rings. The Morgan fingerprint density at radius 2 is 1.94 bits per heavy atom. The van der Waals surface area contributed by atoms with Gasteiger partial charge in [-0.3, -0.25) is 4.79 Å². The van der Waals surface area contributed by atoms with Crippen LogP contribution in [-0.4, -0.2) is 10.5 Å². The maximum atomic E-state index is 11.1. The van der Waals surface area contributed by atoms with E-state index in [1.807, 2.05) is 16.8 Å². The van der Waals surface area contributed by atoms with E-state index >= 15 is 0 Å². The van der Waals surface area contributed by atoms with E-state index in [2.05, 4.69) is 6.92 Å². The number of carbonyl (C=O) groups excluding carboxylic acids is 1. The molecule has 1 aromatic rings. The molecule has 0 aliphatic heterocycles. The topological polar surface area (TPSA) is 48.0 Å². The molecular formula is C13H22N2O. The highest BCUT2D eigenvalue weighted by Crippen LogP contribution is 2.08. The molecule has 0 radical (unpaired) electrons. The van der Waals surface area contributed by atoms with E-state index in [9.17, 15) is 4.79 Å². The summed E-state index contributed by atoms with van der Waals surface area (Å²) in [6.07, 6.45) is 9.51. The molecule has 1 heterocycles. The van der Waals surface area contributed by atoms with Crippen LogP contribution in [0.2, 0.25) is 0 Å². The fourth-order valence-corrected chi connectivity index (χ4v) is 1.90. The van der Waals surface area contributed by atoms with Crippen molar-refractivity contribution in [2.24, 2.45) is 5.73 Å². The highest BCUT2D eigenvalue weighted by atomic mass is 16.1. The molecule has 0 aliphatic carbocycles. The number of primary amides is 1. The second kappa shape index (κ2) is 7.09. The van der Waals surface area contributed by atoms with E-state index < -0.39 is 0 Å². The largest absolute Gasteiger partial charge is 0.364 e. The Bertz CT molecular complexity index is 317. The van der Waals surface area contributed by atoms with Gasteiger partial charge in [-0.05, 0) is 18.6 Å². The molecule has 0 saturated heterocycles. The molecule has 1 amide bonds. The summed E-state index contributed by atoms with van der Waals surface area (Å²) in [6.45, 7) is 3.12. The molecule has 0 aliphatic rings. The van der Waals surface area contributed by atoms with Crippen LogP contribution in [0.3, 0.4) is 0 Å². The Labute approximate surface area is 97.6 Å². The molecule has 1 aromatic heterocycles. The van der Waals surface area contributed by atoms with Gasteiger partial charge in [0.2, 0.25) is 0 Å². The van der Waals surface area contributed by atoms with Crippen molar-refractivity contribution in [3.05, 3.63) is 24.0 Å². The summed E-state index contributed by atoms with van der Waals surface area (Å²) in [6, 6.07) is 3.65. The van der Waals surface area contributed by atoms with Crippen LogP contribution in [0.4, 0.5) is 0 Å². The van der Waals surface area contributed by atoms with Gasteiger partial charge in [0.05, 0.1) is 0 Å². The van der Waals surface area contributed by atoms with Gasteiger partial charge in [0.1, 0.15) is 5.69 Å². The van der Waals surface area contributed by atoms with Gasteiger partial charge in [-0.2, -0.15) is 0 Å². The number of aromatic nitrogens is 1. The lowest BCUT2D eigenvalue weighted by molar-refractivity contribution is 0.0991. The Morgan fingerprint density at radius 3 is 2.62 bits per heavy atom. The van der Waals surface area contributed by atoms with E-state index in [0.717, 1.165) is 13.0 Å². The summed E-state index contributed by atoms with van der Waals surface area (Å²) in [4.78, 5) is 11.1. The van der Waals surface area contributed by atoms with Gasteiger partial charge >= 0.3 is 0 Å². The molecule has 3 nitrogen and oxygen atoms in total. The van der Waals surface area contributed by atoms with E-state index in [4.69, 9.17) is 5.73 Å². The molecule has 2 N–H and O–H groups in total. The minimum Gasteiger partial charge on any atom is -0.364 e. The third kappa shape index (κ3) is 4.09. The zero-order valence-electron chi connectivity index (χ0n) is 10.1. The van der Waals surface area contributed by atoms with Crippen molar-refractivity contribution >= 4 is 5.91 Å². The summed E-state index contributed by atoms with van der Waals surface area (Å²) >= 11 is 0. The normalized spacial score (nSPS) is 10.6. The predicted octanol–water partition coefficient (Wildman–Crippen LogP) is 2.95. The smallest absolute Gasteiger partial charge is 0.265 e. The van der Waals surface area contributed by atoms with Gasteiger partial charge in [-0.1, -0.05) is 39.0 Å². The number of rotatable bonds is 8. The molecule has 3 heteroatoms. The number of nitrogens with two attached hydrogens (primary N) is 1. The van der Waals surface area contributed by atoms with Crippen molar-refractivity contribution < 1.29 is 4.79 Å². The molecular weight excluding hydrogens is 200 g/mol. The zero-order chi connectivity index (χ0) is 11.8. The molecule has 0 saturated carbocycles. The summed E-state index contributed by atoms with van der Waals surface area (Å²) in [5, 5.41) is 0. The number of hydrogen-bond acceptors (Lipinski definition) is 1. The second-order valence-electron chi connectivity index (χ2n) is 4.22. The molecule has 0 aromatic carbocycles. The molecule has 0 atom stereocenters. The SMILES string of the molecule is CCCCCCCCn1cccc1C(N)=O. The molecule has 0 bridgehead atoms. The summed E-state index contributed by atoms with van der Waals surface area (Å²) in [5.41, 5.74) is 5.89. The Hall–Kier alpha value is -1.25. The zero-order valence-corrected chi connectivity index (χ0v) is 10.1. The van der Waals surface area contributed by atoms with Crippen LogP contribution in [-0.2, 0) is 6.54 Å². The molecule has 0 spiro atoms. The fraction of sp³-hybridized carbons (Fsp3) is 0.615. The Morgan fingerprint density at radius 1 is 1.25 bits per heavy atom. The highest BCUT2D eigenvalue weighted by Gasteiger charge is 2.05. The minimum absolute atomic E-state index is 0.337. The monoisotopic (exact) mass is 222 g/mol. The quantitative estimate of drug-likeness (QED) is 0.675. The van der Waals surface area contributed by atoms with Crippen LogP contribution < -0.4 is 5.73 Å². The van der Waals surface area contributed by atoms with Gasteiger partial charge in [-0.25, -0.2) is 0 Å². The first-order valence-electron chi connectivity index (χ1n) is 6.20. The lowest BCUT2D eigenvalue weighted by Crippen LogP contribution is -2.16. The predicted molar refractivity (Wildman–Crippen MR) is 66.3 cm³/mol. The number of unbranched alkanes of at least 4 members (excludes halogenated alkanes) is 5. The van der Waals surface area contributed by atoms with E-state index in [1.54, 1.807) is 6.07 Å². The second-order valence-corrected chi connectivity index (χ2v) is 4.22. The highest BCUT2D eigenvalue weighted by molar-refractivity contribution is 5.91. The van der Waals surface area contributed by atoms with Crippen molar-refractivity contribution in [2.75, 3.05) is 0 Å². The first-order valence-corrected chi connectivity index (χ1v) is 6.20. The van der Waals surface area contributed by atoms with E-state index in [1.165, 1.54) is 32.1 Å². The van der Waals surface area contributed by atoms with Gasteiger partial charge in [-0.15, -0.1) is 0 Å². The third-order valence-corrected chi connectivity index (χ3v) is 2.83. The van der Waals surface area contributed by atoms with Crippen LogP contribution in [0.25, 0.3) is 0 Å². The maximum absolute atomic E-state index is 11.1. The summed E-state index contributed by atoms with van der Waals surface area (Å²) < 4.78 is 1.95. The average Bonchev–Trinajstić information content (AvgIpc) is 2.71. The van der Waals surface area contributed by atoms with Crippen LogP contribution in [0.5, 0.6) is 0 Å². The Balaban J connectivity index is 2.21. The van der Waals surface area contributed by atoms with Crippen LogP contribution >= 0.6 is 0 Å². The summed E-state index contributed by atoms with van der Waals surface area (Å²) in [7, 11) is 0. The lowest BCUT2D eigenvalue weighted by Gasteiger charge is -2.06. The molecule has 1 rings (SSSR count). The third-order valence-electron chi connectivity index (χ3n) is 2.83. The van der Waals surface area contributed by atoms with Gasteiger partial charge in [0, 0.05) is 12.7 Å². The number of hydrogen-bond donors (Lipinski definition) is 1. The lowest BCUT2D eigenvalue weighted by atomic mass is 10.1. The number of amides is 1. The summed E-state index contributed by atoms with van der Waals surface area (Å²) in [5.74, 6) is -0.337. The van der Waals surface area contributed by atoms with Crippen LogP contribution in [0.1, 0.15) is 55.9 Å². The number of aryl methyl sites for hydroxylation is 1. The maximum Gasteiger partial charge on any atom is 0.265 e. The molecule has 16 heavy (non-hydrogen) atoms. The van der Waals surface area contributed by atoms with Crippen molar-refractivity contribution in [1.29, 1.82) is 0 Å². The first kappa shape index (κ1) is 12.8. The number of carbonyl (C=O) groups is 1. The van der Waals surface area contributed by atoms with Crippen molar-refractivity contribution in [3.63, 3.8) is 0 Å². The van der Waals surface area contributed by atoms with Crippen molar-refractivity contribution in [1.82, 2.24) is 4.57 Å². The van der Waals surface area contributed by atoms with Crippen LogP contribution in [0, 0.1) is 0 Å². The van der Waals surface area contributed by atoms with E-state index in [-0.39, 0.29) is 5.91 Å². The van der Waals surface area contributed by atoms with E-state index in [0.29, 0.717) is 5.69 Å². The van der Waals surface area contributed by atoms with Crippen LogP contribution in [0.15, 0.2) is 18.3 Å². The van der Waals surface area contributed by atoms with Gasteiger partial charge in [0.25, 0.3) is 5.91 Å². The van der Waals surface area contributed by atoms with Crippen molar-refractivity contribution in [3.8, 4) is 0 Å². The minimum atomic E-state index is -0.337. The number of nitrogens with zero attached hydrogens (tertiary/aromatic N) is 1. The average molecular weight is 222 g/mol. The molecule has 0 unspecified atom stereocenters. The van der Waals surface area contributed by atoms with Gasteiger partial charge in [0.15, 0.2) is 0 Å².